The Morgan fingerprint density at radius 3 is 2.58 bits per heavy atom. The van der Waals surface area contributed by atoms with Gasteiger partial charge in [-0.2, -0.15) is 0 Å². The molecular formula is C19H24N2O3. The highest BCUT2D eigenvalue weighted by atomic mass is 16.5. The Morgan fingerprint density at radius 1 is 1.21 bits per heavy atom. The van der Waals surface area contributed by atoms with E-state index < -0.39 is 0 Å². The number of rotatable bonds is 3. The van der Waals surface area contributed by atoms with Crippen LogP contribution in [-0.2, 0) is 0 Å². The number of ether oxygens (including phenoxy) is 1. The Hall–Kier alpha value is -2.43. The summed E-state index contributed by atoms with van der Waals surface area (Å²) in [5, 5.41) is 0. The number of hydrogen-bond donors (Lipinski definition) is 1. The summed E-state index contributed by atoms with van der Waals surface area (Å²) in [6.07, 6.45) is 1.16. The van der Waals surface area contributed by atoms with Crippen molar-refractivity contribution in [1.29, 1.82) is 0 Å². The first-order chi connectivity index (χ1) is 11.5. The lowest BCUT2D eigenvalue weighted by molar-refractivity contribution is 0.0592. The number of carbonyl (C=O) groups is 1. The quantitative estimate of drug-likeness (QED) is 0.873. The lowest BCUT2D eigenvalue weighted by Crippen LogP contribution is -2.42. The molecule has 2 N–H and O–H groups in total. The van der Waals surface area contributed by atoms with Gasteiger partial charge in [-0.3, -0.25) is 4.79 Å². The van der Waals surface area contributed by atoms with Gasteiger partial charge in [0.15, 0.2) is 5.76 Å². The van der Waals surface area contributed by atoms with Crippen molar-refractivity contribution in [2.24, 2.45) is 11.8 Å². The summed E-state index contributed by atoms with van der Waals surface area (Å²) in [4.78, 5) is 14.6. The van der Waals surface area contributed by atoms with Gasteiger partial charge in [-0.15, -0.1) is 0 Å². The van der Waals surface area contributed by atoms with Crippen molar-refractivity contribution in [2.45, 2.75) is 20.3 Å². The predicted molar refractivity (Wildman–Crippen MR) is 94.0 cm³/mol. The molecule has 128 valence electrons. The minimum absolute atomic E-state index is 0.0472. The van der Waals surface area contributed by atoms with Crippen molar-refractivity contribution >= 4 is 11.6 Å². The summed E-state index contributed by atoms with van der Waals surface area (Å²) in [6, 6.07) is 8.91. The molecule has 24 heavy (non-hydrogen) atoms. The number of amides is 1. The summed E-state index contributed by atoms with van der Waals surface area (Å²) >= 11 is 0. The van der Waals surface area contributed by atoms with E-state index in [4.69, 9.17) is 14.9 Å². The molecule has 0 unspecified atom stereocenters. The first-order valence-electron chi connectivity index (χ1n) is 8.31. The SMILES string of the molecule is COc1cc(N)ccc1-c1ccc(C(=O)N2C[C@H](C)C[C@H](C)C2)o1. The second-order valence-corrected chi connectivity index (χ2v) is 6.78. The number of benzene rings is 1. The molecule has 5 nitrogen and oxygen atoms in total. The minimum Gasteiger partial charge on any atom is -0.496 e. The van der Waals surface area contributed by atoms with E-state index in [1.54, 1.807) is 31.4 Å². The highest BCUT2D eigenvalue weighted by Gasteiger charge is 2.28. The van der Waals surface area contributed by atoms with E-state index in [0.717, 1.165) is 25.1 Å². The topological polar surface area (TPSA) is 68.7 Å². The van der Waals surface area contributed by atoms with Crippen LogP contribution in [-0.4, -0.2) is 31.0 Å². The van der Waals surface area contributed by atoms with E-state index in [1.165, 1.54) is 0 Å². The molecule has 1 saturated heterocycles. The lowest BCUT2D eigenvalue weighted by Gasteiger charge is -2.34. The van der Waals surface area contributed by atoms with Crippen LogP contribution in [0.15, 0.2) is 34.7 Å². The largest absolute Gasteiger partial charge is 0.496 e. The van der Waals surface area contributed by atoms with Crippen molar-refractivity contribution in [3.05, 3.63) is 36.1 Å². The molecule has 0 radical (unpaired) electrons. The third kappa shape index (κ3) is 3.25. The number of nitrogen functional groups attached to an aromatic ring is 1. The summed E-state index contributed by atoms with van der Waals surface area (Å²) in [5.41, 5.74) is 7.19. The maximum atomic E-state index is 12.7. The average Bonchev–Trinajstić information content (AvgIpc) is 3.02. The number of furan rings is 1. The highest BCUT2D eigenvalue weighted by Crippen LogP contribution is 2.33. The van der Waals surface area contributed by atoms with Crippen LogP contribution >= 0.6 is 0 Å². The second-order valence-electron chi connectivity index (χ2n) is 6.78. The predicted octanol–water partition coefficient (Wildman–Crippen LogP) is 3.66. The van der Waals surface area contributed by atoms with Crippen molar-refractivity contribution in [3.63, 3.8) is 0 Å². The zero-order valence-electron chi connectivity index (χ0n) is 14.4. The molecule has 2 atom stereocenters. The van der Waals surface area contributed by atoms with E-state index in [1.807, 2.05) is 11.0 Å². The fourth-order valence-electron chi connectivity index (χ4n) is 3.49. The van der Waals surface area contributed by atoms with Crippen molar-refractivity contribution < 1.29 is 13.9 Å². The first kappa shape index (κ1) is 16.4. The lowest BCUT2D eigenvalue weighted by atomic mass is 9.92. The van der Waals surface area contributed by atoms with Gasteiger partial charge < -0.3 is 19.8 Å². The summed E-state index contributed by atoms with van der Waals surface area (Å²) in [5.74, 6) is 2.59. The number of nitrogens with two attached hydrogens (primary N) is 1. The van der Waals surface area contributed by atoms with Crippen LogP contribution < -0.4 is 10.5 Å². The molecule has 0 aliphatic carbocycles. The molecule has 0 spiro atoms. The monoisotopic (exact) mass is 328 g/mol. The van der Waals surface area contributed by atoms with E-state index >= 15 is 0 Å². The van der Waals surface area contributed by atoms with Gasteiger partial charge in [0.1, 0.15) is 11.5 Å². The Balaban J connectivity index is 1.84. The molecule has 1 aliphatic heterocycles. The molecule has 0 bridgehead atoms. The van der Waals surface area contributed by atoms with E-state index in [9.17, 15) is 4.79 Å². The molecule has 2 heterocycles. The Morgan fingerprint density at radius 2 is 1.92 bits per heavy atom. The molecule has 1 aromatic carbocycles. The first-order valence-corrected chi connectivity index (χ1v) is 8.31. The highest BCUT2D eigenvalue weighted by molar-refractivity contribution is 5.92. The maximum Gasteiger partial charge on any atom is 0.289 e. The fraction of sp³-hybridized carbons (Fsp3) is 0.421. The molecule has 1 aliphatic rings. The second kappa shape index (κ2) is 6.59. The summed E-state index contributed by atoms with van der Waals surface area (Å²) < 4.78 is 11.2. The number of anilines is 1. The van der Waals surface area contributed by atoms with Gasteiger partial charge >= 0.3 is 0 Å². The molecule has 5 heteroatoms. The summed E-state index contributed by atoms with van der Waals surface area (Å²) in [6.45, 7) is 5.93. The molecule has 2 aromatic rings. The van der Waals surface area contributed by atoms with Gasteiger partial charge in [0.25, 0.3) is 5.91 Å². The minimum atomic E-state index is -0.0472. The van der Waals surface area contributed by atoms with Crippen LogP contribution in [0, 0.1) is 11.8 Å². The number of piperidine rings is 1. The number of nitrogens with zero attached hydrogens (tertiary/aromatic N) is 1. The number of likely N-dealkylation sites (tertiary alicyclic amines) is 1. The van der Waals surface area contributed by atoms with Crippen molar-refractivity contribution in [1.82, 2.24) is 4.90 Å². The number of carbonyl (C=O) groups excluding carboxylic acids is 1. The van der Waals surface area contributed by atoms with Gasteiger partial charge in [-0.25, -0.2) is 0 Å². The third-order valence-electron chi connectivity index (χ3n) is 4.46. The van der Waals surface area contributed by atoms with Crippen LogP contribution in [0.4, 0.5) is 5.69 Å². The molecule has 0 saturated carbocycles. The molecular weight excluding hydrogens is 304 g/mol. The fourth-order valence-corrected chi connectivity index (χ4v) is 3.49. The maximum absolute atomic E-state index is 12.7. The van der Waals surface area contributed by atoms with Crippen LogP contribution in [0.25, 0.3) is 11.3 Å². The van der Waals surface area contributed by atoms with Gasteiger partial charge in [0.05, 0.1) is 12.7 Å². The molecule has 1 amide bonds. The van der Waals surface area contributed by atoms with Crippen molar-refractivity contribution in [2.75, 3.05) is 25.9 Å². The van der Waals surface area contributed by atoms with Gasteiger partial charge in [0.2, 0.25) is 0 Å². The van der Waals surface area contributed by atoms with Gasteiger partial charge in [-0.05, 0) is 42.5 Å². The van der Waals surface area contributed by atoms with Gasteiger partial charge in [-0.1, -0.05) is 13.8 Å². The third-order valence-corrected chi connectivity index (χ3v) is 4.46. The van der Waals surface area contributed by atoms with Crippen LogP contribution in [0.3, 0.4) is 0 Å². The zero-order valence-corrected chi connectivity index (χ0v) is 14.4. The standard InChI is InChI=1S/C19H24N2O3/c1-12-8-13(2)11-21(10-12)19(22)17-7-6-16(24-17)15-5-4-14(20)9-18(15)23-3/h4-7,9,12-13H,8,10-11,20H2,1-3H3/t12-,13+. The summed E-state index contributed by atoms with van der Waals surface area (Å²) in [7, 11) is 1.59. The van der Waals surface area contributed by atoms with E-state index in [-0.39, 0.29) is 5.91 Å². The molecule has 1 aromatic heterocycles. The Kier molecular flexibility index (Phi) is 4.51. The van der Waals surface area contributed by atoms with Crippen LogP contribution in [0.2, 0.25) is 0 Å². The number of methoxy groups -OCH3 is 1. The van der Waals surface area contributed by atoms with E-state index in [2.05, 4.69) is 13.8 Å². The smallest absolute Gasteiger partial charge is 0.289 e. The normalized spacial score (nSPS) is 20.9. The molecule has 3 rings (SSSR count). The Bertz CT molecular complexity index is 728. The van der Waals surface area contributed by atoms with Crippen LogP contribution in [0.5, 0.6) is 5.75 Å². The number of hydrogen-bond acceptors (Lipinski definition) is 4. The van der Waals surface area contributed by atoms with Crippen LogP contribution in [0.1, 0.15) is 30.8 Å². The zero-order chi connectivity index (χ0) is 17.3. The average molecular weight is 328 g/mol. The van der Waals surface area contributed by atoms with Crippen molar-refractivity contribution in [3.8, 4) is 17.1 Å². The van der Waals surface area contributed by atoms with Gasteiger partial charge in [0, 0.05) is 24.8 Å². The Labute approximate surface area is 142 Å². The molecule has 1 fully saturated rings. The van der Waals surface area contributed by atoms with E-state index in [0.29, 0.717) is 34.8 Å².